The van der Waals surface area contributed by atoms with Gasteiger partial charge >= 0.3 is 0 Å². The van der Waals surface area contributed by atoms with Gasteiger partial charge in [0.25, 0.3) is 0 Å². The van der Waals surface area contributed by atoms with Gasteiger partial charge in [-0.2, -0.15) is 0 Å². The van der Waals surface area contributed by atoms with E-state index in [9.17, 15) is 0 Å². The summed E-state index contributed by atoms with van der Waals surface area (Å²) in [5.41, 5.74) is 5.13. The summed E-state index contributed by atoms with van der Waals surface area (Å²) in [5, 5.41) is 6.88. The number of nitrogens with two attached hydrogens (primary N) is 1. The van der Waals surface area contributed by atoms with Crippen molar-refractivity contribution >= 4 is 5.84 Å². The first kappa shape index (κ1) is 10.5. The lowest BCUT2D eigenvalue weighted by Crippen LogP contribution is -2.18. The highest BCUT2D eigenvalue weighted by atomic mass is 14.7. The molecule has 2 nitrogen and oxygen atoms in total. The van der Waals surface area contributed by atoms with Gasteiger partial charge in [0.15, 0.2) is 0 Å². The third kappa shape index (κ3) is 3.65. The molecule has 0 fully saturated rings. The lowest BCUT2D eigenvalue weighted by Gasteiger charge is -2.01. The minimum atomic E-state index is 0. The largest absolute Gasteiger partial charge is 0.387 e. The molecule has 0 saturated heterocycles. The molecule has 1 unspecified atom stereocenters. The molecule has 0 rings (SSSR count). The van der Waals surface area contributed by atoms with Crippen molar-refractivity contribution in [3.05, 3.63) is 0 Å². The maximum atomic E-state index is 6.88. The fourth-order valence-electron chi connectivity index (χ4n) is 0.220. The van der Waals surface area contributed by atoms with E-state index in [4.69, 9.17) is 11.1 Å². The number of amidine groups is 1. The van der Waals surface area contributed by atoms with Crippen molar-refractivity contribution in [1.82, 2.24) is 0 Å². The maximum Gasteiger partial charge on any atom is 0.0934 e. The quantitative estimate of drug-likeness (QED) is 0.418. The Hall–Kier alpha value is -0.530. The standard InChI is InChI=1S/C5H12N2.CH4/c1-3-4(2)5(6)7;/h4H,3H2,1-2H3,(H3,6,7);1H4. The Morgan fingerprint density at radius 2 is 2.12 bits per heavy atom. The van der Waals surface area contributed by atoms with E-state index < -0.39 is 0 Å². The van der Waals surface area contributed by atoms with Crippen LogP contribution in [0, 0.1) is 11.3 Å². The van der Waals surface area contributed by atoms with Crippen molar-refractivity contribution in [3.63, 3.8) is 0 Å². The number of nitrogens with one attached hydrogen (secondary N) is 1. The summed E-state index contributed by atoms with van der Waals surface area (Å²) in [6.07, 6.45) is 0.968. The topological polar surface area (TPSA) is 49.9 Å². The van der Waals surface area contributed by atoms with Crippen LogP contribution in [0.25, 0.3) is 0 Å². The molecule has 0 aliphatic rings. The maximum absolute atomic E-state index is 6.88. The fourth-order valence-corrected chi connectivity index (χ4v) is 0.220. The first-order chi connectivity index (χ1) is 3.18. The number of hydrogen-bond acceptors (Lipinski definition) is 1. The summed E-state index contributed by atoms with van der Waals surface area (Å²) in [5.74, 6) is 0.558. The van der Waals surface area contributed by atoms with Gasteiger partial charge in [0.1, 0.15) is 0 Å². The molecule has 0 radical (unpaired) electrons. The molecule has 0 aromatic rings. The third-order valence-corrected chi connectivity index (χ3v) is 1.14. The van der Waals surface area contributed by atoms with Crippen molar-refractivity contribution in [2.45, 2.75) is 27.7 Å². The molecule has 2 heteroatoms. The highest BCUT2D eigenvalue weighted by Gasteiger charge is 1.97. The summed E-state index contributed by atoms with van der Waals surface area (Å²) in [6, 6.07) is 0. The Labute approximate surface area is 51.6 Å². The zero-order chi connectivity index (χ0) is 5.86. The minimum absolute atomic E-state index is 0. The average Bonchev–Trinajstić information content (AvgIpc) is 1.65. The molecule has 0 aliphatic carbocycles. The van der Waals surface area contributed by atoms with E-state index in [-0.39, 0.29) is 13.3 Å². The normalized spacial score (nSPS) is 11.8. The summed E-state index contributed by atoms with van der Waals surface area (Å²) in [4.78, 5) is 0. The molecule has 3 N–H and O–H groups in total. The van der Waals surface area contributed by atoms with Crippen LogP contribution in [0.3, 0.4) is 0 Å². The van der Waals surface area contributed by atoms with Gasteiger partial charge in [-0.1, -0.05) is 21.3 Å². The van der Waals surface area contributed by atoms with Crippen molar-refractivity contribution in [2.24, 2.45) is 11.7 Å². The van der Waals surface area contributed by atoms with Crippen LogP contribution in [0.15, 0.2) is 0 Å². The Morgan fingerprint density at radius 1 is 1.75 bits per heavy atom. The molecule has 8 heavy (non-hydrogen) atoms. The summed E-state index contributed by atoms with van der Waals surface area (Å²) in [7, 11) is 0. The van der Waals surface area contributed by atoms with E-state index >= 15 is 0 Å². The predicted molar refractivity (Wildman–Crippen MR) is 38.1 cm³/mol. The van der Waals surface area contributed by atoms with Gasteiger partial charge in [0, 0.05) is 5.92 Å². The Kier molecular flexibility index (Phi) is 6.04. The molecule has 0 aliphatic heterocycles. The van der Waals surface area contributed by atoms with Gasteiger partial charge in [-0.3, -0.25) is 5.41 Å². The van der Waals surface area contributed by atoms with E-state index in [1.165, 1.54) is 0 Å². The van der Waals surface area contributed by atoms with Crippen molar-refractivity contribution in [1.29, 1.82) is 5.41 Å². The van der Waals surface area contributed by atoms with Crippen LogP contribution in [-0.2, 0) is 0 Å². The third-order valence-electron chi connectivity index (χ3n) is 1.14. The van der Waals surface area contributed by atoms with E-state index in [0.717, 1.165) is 6.42 Å². The first-order valence-corrected chi connectivity index (χ1v) is 2.52. The molecular weight excluding hydrogens is 100 g/mol. The lowest BCUT2D eigenvalue weighted by atomic mass is 10.1. The van der Waals surface area contributed by atoms with E-state index in [2.05, 4.69) is 0 Å². The smallest absolute Gasteiger partial charge is 0.0934 e. The zero-order valence-electron chi connectivity index (χ0n) is 4.86. The van der Waals surface area contributed by atoms with E-state index in [1.54, 1.807) is 0 Å². The first-order valence-electron chi connectivity index (χ1n) is 2.52. The van der Waals surface area contributed by atoms with Crippen molar-refractivity contribution in [3.8, 4) is 0 Å². The summed E-state index contributed by atoms with van der Waals surface area (Å²) >= 11 is 0. The lowest BCUT2D eigenvalue weighted by molar-refractivity contribution is 0.728. The molecule has 0 aromatic carbocycles. The highest BCUT2D eigenvalue weighted by molar-refractivity contribution is 5.79. The second-order valence-electron chi connectivity index (χ2n) is 1.76. The molecule has 0 spiro atoms. The van der Waals surface area contributed by atoms with Crippen LogP contribution in [0.4, 0.5) is 0 Å². The molecule has 0 amide bonds. The van der Waals surface area contributed by atoms with Crippen LogP contribution in [-0.4, -0.2) is 5.84 Å². The fraction of sp³-hybridized carbons (Fsp3) is 0.833. The zero-order valence-corrected chi connectivity index (χ0v) is 4.86. The van der Waals surface area contributed by atoms with Crippen LogP contribution >= 0.6 is 0 Å². The van der Waals surface area contributed by atoms with Crippen LogP contribution < -0.4 is 5.73 Å². The Balaban J connectivity index is 0. The number of hydrogen-bond donors (Lipinski definition) is 2. The van der Waals surface area contributed by atoms with Crippen molar-refractivity contribution in [2.75, 3.05) is 0 Å². The second-order valence-corrected chi connectivity index (χ2v) is 1.76. The molecule has 0 heterocycles. The second kappa shape index (κ2) is 4.62. The predicted octanol–water partition coefficient (Wildman–Crippen LogP) is 1.60. The van der Waals surface area contributed by atoms with Gasteiger partial charge in [-0.15, -0.1) is 0 Å². The van der Waals surface area contributed by atoms with Crippen LogP contribution in [0.5, 0.6) is 0 Å². The van der Waals surface area contributed by atoms with Crippen LogP contribution in [0.2, 0.25) is 0 Å². The molecule has 0 bridgehead atoms. The monoisotopic (exact) mass is 116 g/mol. The highest BCUT2D eigenvalue weighted by Crippen LogP contribution is 1.96. The summed E-state index contributed by atoms with van der Waals surface area (Å²) < 4.78 is 0. The van der Waals surface area contributed by atoms with Gasteiger partial charge in [-0.05, 0) is 6.42 Å². The Bertz CT molecular complexity index is 68.9. The SMILES string of the molecule is C.CCC(C)C(=N)N. The molecule has 50 valence electrons. The molecule has 1 atom stereocenters. The molecule has 0 aromatic heterocycles. The van der Waals surface area contributed by atoms with Gasteiger partial charge in [-0.25, -0.2) is 0 Å². The molecule has 0 saturated carbocycles. The minimum Gasteiger partial charge on any atom is -0.387 e. The van der Waals surface area contributed by atoms with Gasteiger partial charge < -0.3 is 5.73 Å². The summed E-state index contributed by atoms with van der Waals surface area (Å²) in [6.45, 7) is 3.97. The van der Waals surface area contributed by atoms with E-state index in [1.807, 2.05) is 13.8 Å². The van der Waals surface area contributed by atoms with Crippen LogP contribution in [0.1, 0.15) is 27.7 Å². The average molecular weight is 116 g/mol. The molecular formula is C6H16N2. The Morgan fingerprint density at radius 3 is 2.12 bits per heavy atom. The van der Waals surface area contributed by atoms with E-state index in [0.29, 0.717) is 5.84 Å². The van der Waals surface area contributed by atoms with Gasteiger partial charge in [0.05, 0.1) is 5.84 Å². The van der Waals surface area contributed by atoms with Crippen molar-refractivity contribution < 1.29 is 0 Å². The number of rotatable bonds is 2. The van der Waals surface area contributed by atoms with Gasteiger partial charge in [0.2, 0.25) is 0 Å².